The third kappa shape index (κ3) is 3.23. The highest BCUT2D eigenvalue weighted by Gasteiger charge is 2.28. The van der Waals surface area contributed by atoms with Crippen molar-refractivity contribution in [3.05, 3.63) is 34.9 Å². The van der Waals surface area contributed by atoms with Crippen molar-refractivity contribution in [1.29, 1.82) is 0 Å². The molecular formula is C14H21ClN2O. The van der Waals surface area contributed by atoms with Crippen molar-refractivity contribution in [2.45, 2.75) is 31.3 Å². The fraction of sp³-hybridized carbons (Fsp3) is 0.571. The van der Waals surface area contributed by atoms with Gasteiger partial charge in [-0.1, -0.05) is 30.2 Å². The molecule has 0 saturated heterocycles. The molecule has 1 fully saturated rings. The van der Waals surface area contributed by atoms with Crippen LogP contribution in [0.4, 0.5) is 0 Å². The van der Waals surface area contributed by atoms with Crippen molar-refractivity contribution in [3.63, 3.8) is 0 Å². The second-order valence-corrected chi connectivity index (χ2v) is 5.42. The van der Waals surface area contributed by atoms with E-state index in [-0.39, 0.29) is 12.6 Å². The molecule has 0 radical (unpaired) electrons. The zero-order valence-electron chi connectivity index (χ0n) is 10.5. The van der Waals surface area contributed by atoms with Gasteiger partial charge in [-0.3, -0.25) is 0 Å². The number of halogens is 1. The molecule has 0 amide bonds. The summed E-state index contributed by atoms with van der Waals surface area (Å²) in [5, 5.41) is 13.7. The van der Waals surface area contributed by atoms with Crippen LogP contribution in [-0.2, 0) is 0 Å². The van der Waals surface area contributed by atoms with Gasteiger partial charge in [0.1, 0.15) is 0 Å². The second-order valence-electron chi connectivity index (χ2n) is 4.99. The molecule has 0 aromatic heterocycles. The Morgan fingerprint density at radius 1 is 1.33 bits per heavy atom. The van der Waals surface area contributed by atoms with Crippen LogP contribution in [0.5, 0.6) is 0 Å². The molecule has 1 aromatic rings. The first-order chi connectivity index (χ1) is 8.74. The summed E-state index contributed by atoms with van der Waals surface area (Å²) in [4.78, 5) is 0. The van der Waals surface area contributed by atoms with E-state index in [4.69, 9.17) is 17.3 Å². The van der Waals surface area contributed by atoms with Gasteiger partial charge in [-0.15, -0.1) is 0 Å². The van der Waals surface area contributed by atoms with Crippen LogP contribution in [-0.4, -0.2) is 24.3 Å². The summed E-state index contributed by atoms with van der Waals surface area (Å²) >= 11 is 5.89. The Morgan fingerprint density at radius 2 is 2.06 bits per heavy atom. The van der Waals surface area contributed by atoms with E-state index in [9.17, 15) is 5.11 Å². The lowest BCUT2D eigenvalue weighted by atomic mass is 10.0. The average molecular weight is 269 g/mol. The maximum absolute atomic E-state index is 9.34. The van der Waals surface area contributed by atoms with Crippen molar-refractivity contribution in [2.24, 2.45) is 11.7 Å². The lowest BCUT2D eigenvalue weighted by Gasteiger charge is -2.26. The predicted molar refractivity (Wildman–Crippen MR) is 74.6 cm³/mol. The number of rotatable bonds is 5. The van der Waals surface area contributed by atoms with E-state index < -0.39 is 0 Å². The minimum atomic E-state index is 0.138. The Bertz CT molecular complexity index is 369. The van der Waals surface area contributed by atoms with E-state index in [1.54, 1.807) is 0 Å². The van der Waals surface area contributed by atoms with Gasteiger partial charge in [-0.25, -0.2) is 0 Å². The molecule has 1 saturated carbocycles. The van der Waals surface area contributed by atoms with Crippen LogP contribution in [0.15, 0.2) is 24.3 Å². The number of benzene rings is 1. The Kier molecular flexibility index (Phi) is 5.01. The van der Waals surface area contributed by atoms with Crippen LogP contribution in [0.1, 0.15) is 30.9 Å². The van der Waals surface area contributed by atoms with Gasteiger partial charge in [0, 0.05) is 30.3 Å². The minimum Gasteiger partial charge on any atom is -0.396 e. The number of aliphatic hydroxyl groups excluding tert-OH is 1. The van der Waals surface area contributed by atoms with Crippen molar-refractivity contribution >= 4 is 11.6 Å². The zero-order chi connectivity index (χ0) is 13.0. The van der Waals surface area contributed by atoms with Crippen LogP contribution < -0.4 is 11.1 Å². The van der Waals surface area contributed by atoms with Crippen LogP contribution in [0.3, 0.4) is 0 Å². The Balaban J connectivity index is 2.02. The van der Waals surface area contributed by atoms with E-state index in [1.165, 1.54) is 6.42 Å². The molecule has 18 heavy (non-hydrogen) atoms. The van der Waals surface area contributed by atoms with Crippen molar-refractivity contribution in [1.82, 2.24) is 5.32 Å². The highest BCUT2D eigenvalue weighted by Crippen LogP contribution is 2.27. The Morgan fingerprint density at radius 3 is 2.67 bits per heavy atom. The monoisotopic (exact) mass is 268 g/mol. The van der Waals surface area contributed by atoms with Crippen molar-refractivity contribution in [2.75, 3.05) is 13.2 Å². The molecule has 0 heterocycles. The largest absolute Gasteiger partial charge is 0.396 e. The Hall–Kier alpha value is -0.610. The smallest absolute Gasteiger partial charge is 0.0474 e. The summed E-state index contributed by atoms with van der Waals surface area (Å²) in [6.45, 7) is 0.811. The highest BCUT2D eigenvalue weighted by molar-refractivity contribution is 6.30. The van der Waals surface area contributed by atoms with E-state index in [0.717, 1.165) is 23.4 Å². The molecule has 0 spiro atoms. The summed E-state index contributed by atoms with van der Waals surface area (Å²) in [6, 6.07) is 8.31. The highest BCUT2D eigenvalue weighted by atomic mass is 35.5. The summed E-state index contributed by atoms with van der Waals surface area (Å²) < 4.78 is 0. The first-order valence-electron chi connectivity index (χ1n) is 6.57. The van der Waals surface area contributed by atoms with Gasteiger partial charge in [0.05, 0.1) is 0 Å². The molecule has 3 nitrogen and oxygen atoms in total. The van der Waals surface area contributed by atoms with Gasteiger partial charge in [0.15, 0.2) is 0 Å². The first kappa shape index (κ1) is 13.8. The molecule has 0 aliphatic heterocycles. The molecule has 1 aliphatic rings. The minimum absolute atomic E-state index is 0.138. The fourth-order valence-electron chi connectivity index (χ4n) is 2.73. The second kappa shape index (κ2) is 6.53. The third-order valence-electron chi connectivity index (χ3n) is 3.82. The zero-order valence-corrected chi connectivity index (χ0v) is 11.2. The molecule has 0 bridgehead atoms. The molecule has 100 valence electrons. The molecule has 1 aliphatic carbocycles. The van der Waals surface area contributed by atoms with Crippen LogP contribution in [0.2, 0.25) is 5.02 Å². The number of hydrogen-bond donors (Lipinski definition) is 3. The van der Waals surface area contributed by atoms with Gasteiger partial charge in [0.2, 0.25) is 0 Å². The van der Waals surface area contributed by atoms with Crippen LogP contribution in [0, 0.1) is 5.92 Å². The summed E-state index contributed by atoms with van der Waals surface area (Å²) in [5.41, 5.74) is 7.01. The molecule has 3 unspecified atom stereocenters. The fourth-order valence-corrected chi connectivity index (χ4v) is 2.85. The number of hydrogen-bond acceptors (Lipinski definition) is 3. The lowest BCUT2D eigenvalue weighted by Crippen LogP contribution is -2.39. The van der Waals surface area contributed by atoms with Gasteiger partial charge in [-0.05, 0) is 36.5 Å². The summed E-state index contributed by atoms with van der Waals surface area (Å²) in [7, 11) is 0. The molecular weight excluding hydrogens is 248 g/mol. The van der Waals surface area contributed by atoms with Crippen molar-refractivity contribution < 1.29 is 5.11 Å². The lowest BCUT2D eigenvalue weighted by molar-refractivity contribution is 0.200. The topological polar surface area (TPSA) is 58.3 Å². The standard InChI is InChI=1S/C14H21ClN2O/c15-12-6-4-10(5-7-12)14(8-16)17-13-3-1-2-11(13)9-18/h4-7,11,13-14,17-18H,1-3,8-9,16H2. The van der Waals surface area contributed by atoms with Gasteiger partial charge < -0.3 is 16.2 Å². The van der Waals surface area contributed by atoms with E-state index in [0.29, 0.717) is 18.5 Å². The maximum Gasteiger partial charge on any atom is 0.0474 e. The number of nitrogens with one attached hydrogen (secondary N) is 1. The summed E-state index contributed by atoms with van der Waals surface area (Å²) in [5.74, 6) is 0.367. The Labute approximate surface area is 113 Å². The predicted octanol–water partition coefficient (Wildman–Crippen LogP) is 2.09. The third-order valence-corrected chi connectivity index (χ3v) is 4.07. The molecule has 2 rings (SSSR count). The van der Waals surface area contributed by atoms with Gasteiger partial charge in [0.25, 0.3) is 0 Å². The molecule has 3 atom stereocenters. The van der Waals surface area contributed by atoms with Crippen LogP contribution >= 0.6 is 11.6 Å². The SMILES string of the molecule is NCC(NC1CCCC1CO)c1ccc(Cl)cc1. The normalized spacial score (nSPS) is 25.3. The van der Waals surface area contributed by atoms with E-state index in [2.05, 4.69) is 5.32 Å². The quantitative estimate of drug-likeness (QED) is 0.766. The molecule has 4 heteroatoms. The molecule has 1 aromatic carbocycles. The molecule has 4 N–H and O–H groups in total. The first-order valence-corrected chi connectivity index (χ1v) is 6.95. The average Bonchev–Trinajstić information content (AvgIpc) is 2.84. The van der Waals surface area contributed by atoms with E-state index >= 15 is 0 Å². The van der Waals surface area contributed by atoms with Crippen molar-refractivity contribution in [3.8, 4) is 0 Å². The van der Waals surface area contributed by atoms with Gasteiger partial charge >= 0.3 is 0 Å². The maximum atomic E-state index is 9.34. The van der Waals surface area contributed by atoms with Crippen LogP contribution in [0.25, 0.3) is 0 Å². The van der Waals surface area contributed by atoms with Gasteiger partial charge in [-0.2, -0.15) is 0 Å². The number of nitrogens with two attached hydrogens (primary N) is 1. The number of aliphatic hydroxyl groups is 1. The van der Waals surface area contributed by atoms with E-state index in [1.807, 2.05) is 24.3 Å². The summed E-state index contributed by atoms with van der Waals surface area (Å²) in [6.07, 6.45) is 3.40.